The van der Waals surface area contributed by atoms with Gasteiger partial charge in [0.25, 0.3) is 0 Å². The molecule has 0 aliphatic carbocycles. The molecule has 0 aliphatic heterocycles. The molecule has 0 spiro atoms. The van der Waals surface area contributed by atoms with E-state index in [1.165, 1.54) is 89.5 Å². The van der Waals surface area contributed by atoms with Crippen LogP contribution in [0.3, 0.4) is 0 Å². The molecule has 0 fully saturated rings. The maximum absolute atomic E-state index is 10.3. The minimum atomic E-state index is -0.833. The Morgan fingerprint density at radius 2 is 1.30 bits per heavy atom. The van der Waals surface area contributed by atoms with Gasteiger partial charge in [0.2, 0.25) is 0 Å². The largest absolute Gasteiger partial charge is 0.478 e. The van der Waals surface area contributed by atoms with Crippen molar-refractivity contribution in [3.63, 3.8) is 0 Å². The number of allylic oxidation sites excluding steroid dienone is 1. The van der Waals surface area contributed by atoms with E-state index in [0.29, 0.717) is 0 Å². The third-order valence-electron chi connectivity index (χ3n) is 4.63. The van der Waals surface area contributed by atoms with E-state index >= 15 is 0 Å². The summed E-state index contributed by atoms with van der Waals surface area (Å²) in [6, 6.07) is 0. The van der Waals surface area contributed by atoms with Gasteiger partial charge in [-0.1, -0.05) is 103 Å². The predicted octanol–water partition coefficient (Wildman–Crippen LogP) is 7.13. The fourth-order valence-electron chi connectivity index (χ4n) is 3.06. The molecule has 2 nitrogen and oxygen atoms in total. The smallest absolute Gasteiger partial charge is 0.327 e. The van der Waals surface area contributed by atoms with Gasteiger partial charge in [-0.2, -0.15) is 0 Å². The molecule has 0 amide bonds. The van der Waals surface area contributed by atoms with Gasteiger partial charge in [0.1, 0.15) is 0 Å². The summed E-state index contributed by atoms with van der Waals surface area (Å²) >= 11 is 0. The summed E-state index contributed by atoms with van der Waals surface area (Å²) in [6.45, 7) is 4.70. The van der Waals surface area contributed by atoms with Crippen LogP contribution in [0, 0.1) is 5.92 Å². The zero-order chi connectivity index (χ0) is 17.2. The predicted molar refractivity (Wildman–Crippen MR) is 101 cm³/mol. The Morgan fingerprint density at radius 1 is 0.826 bits per heavy atom. The highest BCUT2D eigenvalue weighted by molar-refractivity contribution is 5.79. The first-order valence-electron chi connectivity index (χ1n) is 10.1. The lowest BCUT2D eigenvalue weighted by Gasteiger charge is -2.10. The number of hydrogen-bond acceptors (Lipinski definition) is 1. The Hall–Kier alpha value is -0.790. The molecular weight excluding hydrogens is 284 g/mol. The number of unbranched alkanes of at least 4 members (excludes halogenated alkanes) is 11. The van der Waals surface area contributed by atoms with E-state index in [2.05, 4.69) is 13.8 Å². The molecule has 0 aromatic rings. The van der Waals surface area contributed by atoms with Gasteiger partial charge in [-0.3, -0.25) is 0 Å². The number of hydrogen-bond donors (Lipinski definition) is 1. The van der Waals surface area contributed by atoms with Crippen LogP contribution in [-0.2, 0) is 4.79 Å². The molecule has 0 aromatic carbocycles. The van der Waals surface area contributed by atoms with Crippen LogP contribution in [-0.4, -0.2) is 11.1 Å². The van der Waals surface area contributed by atoms with Crippen LogP contribution < -0.4 is 0 Å². The molecule has 2 heteroatoms. The molecule has 0 saturated carbocycles. The minimum Gasteiger partial charge on any atom is -0.478 e. The summed E-state index contributed by atoms with van der Waals surface area (Å²) in [6.07, 6.45) is 23.0. The maximum atomic E-state index is 10.3. The highest BCUT2D eigenvalue weighted by atomic mass is 16.4. The Morgan fingerprint density at radius 3 is 1.83 bits per heavy atom. The summed E-state index contributed by atoms with van der Waals surface area (Å²) < 4.78 is 0. The van der Waals surface area contributed by atoms with E-state index in [1.807, 2.05) is 0 Å². The van der Waals surface area contributed by atoms with Gasteiger partial charge in [0, 0.05) is 6.08 Å². The molecule has 23 heavy (non-hydrogen) atoms. The third kappa shape index (κ3) is 19.2. The van der Waals surface area contributed by atoms with Crippen molar-refractivity contribution in [3.05, 3.63) is 12.2 Å². The van der Waals surface area contributed by atoms with Gasteiger partial charge in [0.05, 0.1) is 0 Å². The van der Waals surface area contributed by atoms with Gasteiger partial charge < -0.3 is 5.11 Å². The van der Waals surface area contributed by atoms with Gasteiger partial charge in [-0.25, -0.2) is 4.79 Å². The van der Waals surface area contributed by atoms with E-state index in [4.69, 9.17) is 5.11 Å². The van der Waals surface area contributed by atoms with Gasteiger partial charge in [-0.05, 0) is 18.8 Å². The van der Waals surface area contributed by atoms with Crippen molar-refractivity contribution in [2.45, 2.75) is 110 Å². The topological polar surface area (TPSA) is 37.3 Å². The molecular formula is C21H40O2. The normalized spacial score (nSPS) is 12.8. The van der Waals surface area contributed by atoms with Crippen LogP contribution in [0.25, 0.3) is 0 Å². The average Bonchev–Trinajstić information content (AvgIpc) is 2.52. The number of carbonyl (C=O) groups is 1. The molecule has 0 rings (SSSR count). The Bertz CT molecular complexity index is 284. The number of aliphatic carboxylic acids is 1. The SMILES string of the molecule is CCCCCCC(C)CCCCCCCCCCC=CC(=O)O. The lowest BCUT2D eigenvalue weighted by atomic mass is 9.96. The average molecular weight is 325 g/mol. The number of carboxylic acids is 1. The standard InChI is InChI=1S/C21H40O2/c1-3-4-5-14-17-20(2)18-15-12-10-8-6-7-9-11-13-16-19-21(22)23/h16,19-20H,3-15,17-18H2,1-2H3,(H,22,23). The monoisotopic (exact) mass is 324 g/mol. The molecule has 1 unspecified atom stereocenters. The van der Waals surface area contributed by atoms with Crippen molar-refractivity contribution < 1.29 is 9.90 Å². The van der Waals surface area contributed by atoms with Crippen LogP contribution in [0.15, 0.2) is 12.2 Å². The summed E-state index contributed by atoms with van der Waals surface area (Å²) in [5.74, 6) is 0.0889. The summed E-state index contributed by atoms with van der Waals surface area (Å²) in [5, 5.41) is 8.47. The number of rotatable bonds is 17. The summed E-state index contributed by atoms with van der Waals surface area (Å²) in [7, 11) is 0. The highest BCUT2D eigenvalue weighted by Crippen LogP contribution is 2.18. The first kappa shape index (κ1) is 22.2. The Labute approximate surface area is 144 Å². The second-order valence-corrected chi connectivity index (χ2v) is 7.10. The van der Waals surface area contributed by atoms with Gasteiger partial charge >= 0.3 is 5.97 Å². The van der Waals surface area contributed by atoms with Crippen molar-refractivity contribution in [2.75, 3.05) is 0 Å². The molecule has 0 heterocycles. The van der Waals surface area contributed by atoms with E-state index in [0.717, 1.165) is 18.8 Å². The zero-order valence-electron chi connectivity index (χ0n) is 15.7. The molecule has 1 N–H and O–H groups in total. The molecule has 0 saturated heterocycles. The highest BCUT2D eigenvalue weighted by Gasteiger charge is 2.01. The van der Waals surface area contributed by atoms with Crippen LogP contribution in [0.2, 0.25) is 0 Å². The quantitative estimate of drug-likeness (QED) is 0.228. The van der Waals surface area contributed by atoms with Crippen molar-refractivity contribution in [2.24, 2.45) is 5.92 Å². The fraction of sp³-hybridized carbons (Fsp3) is 0.857. The first-order chi connectivity index (χ1) is 11.2. The van der Waals surface area contributed by atoms with Crippen molar-refractivity contribution in [1.29, 1.82) is 0 Å². The van der Waals surface area contributed by atoms with Crippen molar-refractivity contribution in [3.8, 4) is 0 Å². The molecule has 1 atom stereocenters. The minimum absolute atomic E-state index is 0.833. The van der Waals surface area contributed by atoms with Gasteiger partial charge in [0.15, 0.2) is 0 Å². The van der Waals surface area contributed by atoms with E-state index in [9.17, 15) is 4.79 Å². The fourth-order valence-corrected chi connectivity index (χ4v) is 3.06. The van der Waals surface area contributed by atoms with Crippen LogP contribution >= 0.6 is 0 Å². The van der Waals surface area contributed by atoms with Crippen molar-refractivity contribution in [1.82, 2.24) is 0 Å². The van der Waals surface area contributed by atoms with E-state index in [-0.39, 0.29) is 0 Å². The second-order valence-electron chi connectivity index (χ2n) is 7.10. The van der Waals surface area contributed by atoms with E-state index in [1.54, 1.807) is 6.08 Å². The molecule has 0 aliphatic rings. The van der Waals surface area contributed by atoms with Crippen molar-refractivity contribution >= 4 is 5.97 Å². The second kappa shape index (κ2) is 17.6. The molecule has 0 bridgehead atoms. The zero-order valence-corrected chi connectivity index (χ0v) is 15.7. The van der Waals surface area contributed by atoms with E-state index < -0.39 is 5.97 Å². The Balaban J connectivity index is 3.16. The van der Waals surface area contributed by atoms with Crippen LogP contribution in [0.1, 0.15) is 110 Å². The number of carboxylic acid groups (broad SMARTS) is 1. The maximum Gasteiger partial charge on any atom is 0.327 e. The molecule has 0 aromatic heterocycles. The van der Waals surface area contributed by atoms with Gasteiger partial charge in [-0.15, -0.1) is 0 Å². The Kier molecular flexibility index (Phi) is 17.0. The molecule has 0 radical (unpaired) electrons. The first-order valence-corrected chi connectivity index (χ1v) is 10.1. The van der Waals surface area contributed by atoms with Crippen LogP contribution in [0.4, 0.5) is 0 Å². The summed E-state index contributed by atoms with van der Waals surface area (Å²) in [4.78, 5) is 10.3. The van der Waals surface area contributed by atoms with Crippen LogP contribution in [0.5, 0.6) is 0 Å². The third-order valence-corrected chi connectivity index (χ3v) is 4.63. The summed E-state index contributed by atoms with van der Waals surface area (Å²) in [5.41, 5.74) is 0. The lowest BCUT2D eigenvalue weighted by molar-refractivity contribution is -0.131. The lowest BCUT2D eigenvalue weighted by Crippen LogP contribution is -1.95. The molecule has 136 valence electrons.